The van der Waals surface area contributed by atoms with E-state index in [1.807, 2.05) is 22.9 Å². The van der Waals surface area contributed by atoms with Crippen molar-refractivity contribution in [3.8, 4) is 0 Å². The summed E-state index contributed by atoms with van der Waals surface area (Å²) in [7, 11) is 0. The van der Waals surface area contributed by atoms with Gasteiger partial charge in [-0.05, 0) is 47.2 Å². The second-order valence-corrected chi connectivity index (χ2v) is 7.75. The number of aryl methyl sites for hydroxylation is 1. The van der Waals surface area contributed by atoms with Gasteiger partial charge >= 0.3 is 0 Å². The summed E-state index contributed by atoms with van der Waals surface area (Å²) in [4.78, 5) is 3.96. The Hall–Kier alpha value is -2.38. The van der Waals surface area contributed by atoms with E-state index in [0.29, 0.717) is 6.54 Å². The molecule has 1 N–H and O–H groups in total. The number of furan rings is 1. The number of aromatic nitrogens is 4. The van der Waals surface area contributed by atoms with Gasteiger partial charge in [0.1, 0.15) is 18.3 Å². The third-order valence-electron chi connectivity index (χ3n) is 5.58. The zero-order chi connectivity index (χ0) is 19.5. The van der Waals surface area contributed by atoms with Crippen LogP contribution in [0.15, 0.2) is 41.0 Å². The predicted octanol–water partition coefficient (Wildman–Crippen LogP) is 2.13. The van der Waals surface area contributed by atoms with Crippen molar-refractivity contribution >= 4 is 17.3 Å². The fourth-order valence-electron chi connectivity index (χ4n) is 4.08. The van der Waals surface area contributed by atoms with Gasteiger partial charge in [-0.15, -0.1) is 5.10 Å². The van der Waals surface area contributed by atoms with E-state index in [0.717, 1.165) is 49.2 Å². The molecule has 1 saturated heterocycles. The average molecular weight is 402 g/mol. The third kappa shape index (κ3) is 3.91. The van der Waals surface area contributed by atoms with Crippen molar-refractivity contribution < 1.29 is 9.32 Å². The van der Waals surface area contributed by atoms with Crippen molar-refractivity contribution in [2.75, 3.05) is 31.1 Å². The molecule has 8 heteroatoms. The van der Waals surface area contributed by atoms with Crippen LogP contribution >= 0.6 is 11.6 Å². The topological polar surface area (TPSA) is 64.4 Å². The van der Waals surface area contributed by atoms with Gasteiger partial charge in [-0.3, -0.25) is 0 Å². The summed E-state index contributed by atoms with van der Waals surface area (Å²) in [6.07, 6.45) is 2.67. The van der Waals surface area contributed by atoms with Crippen LogP contribution in [0.5, 0.6) is 0 Å². The smallest absolute Gasteiger partial charge is 0.209 e. The van der Waals surface area contributed by atoms with Crippen molar-refractivity contribution in [3.63, 3.8) is 0 Å². The van der Waals surface area contributed by atoms with Crippen LogP contribution in [0.25, 0.3) is 0 Å². The molecule has 3 heterocycles. The molecule has 1 fully saturated rings. The van der Waals surface area contributed by atoms with Crippen molar-refractivity contribution in [2.45, 2.75) is 32.9 Å². The number of nitrogens with one attached hydrogen (secondary N) is 1. The molecular weight excluding hydrogens is 376 g/mol. The largest absolute Gasteiger partial charge is 0.467 e. The highest BCUT2D eigenvalue weighted by Crippen LogP contribution is 2.24. The third-order valence-corrected chi connectivity index (χ3v) is 5.81. The lowest BCUT2D eigenvalue weighted by atomic mass is 10.1. The lowest BCUT2D eigenvalue weighted by Crippen LogP contribution is -3.15. The van der Waals surface area contributed by atoms with Crippen LogP contribution in [0.1, 0.15) is 36.5 Å². The summed E-state index contributed by atoms with van der Waals surface area (Å²) in [6, 6.07) is 10.2. The Labute approximate surface area is 169 Å². The number of hydrogen-bond donors (Lipinski definition) is 1. The lowest BCUT2D eigenvalue weighted by molar-refractivity contribution is -0.933. The molecule has 0 amide bonds. The van der Waals surface area contributed by atoms with Gasteiger partial charge < -0.3 is 14.2 Å². The second kappa shape index (κ2) is 8.32. The predicted molar refractivity (Wildman–Crippen MR) is 108 cm³/mol. The minimum absolute atomic E-state index is 0.271. The maximum atomic E-state index is 6.22. The molecule has 0 saturated carbocycles. The molecule has 0 radical (unpaired) electrons. The molecule has 148 valence electrons. The van der Waals surface area contributed by atoms with Crippen molar-refractivity contribution in [3.05, 3.63) is 58.8 Å². The van der Waals surface area contributed by atoms with E-state index in [4.69, 9.17) is 16.0 Å². The van der Waals surface area contributed by atoms with Gasteiger partial charge in [0.2, 0.25) is 5.82 Å². The van der Waals surface area contributed by atoms with Gasteiger partial charge in [-0.1, -0.05) is 24.6 Å². The Bertz CT molecular complexity index is 901. The van der Waals surface area contributed by atoms with Crippen LogP contribution < -0.4 is 9.80 Å². The standard InChI is InChI=1S/C20H25ClN6O/c1-3-18(20-22-23-24-27(20)14-17-5-4-12-28-17)25-8-10-26(11-9-25)19-13-16(21)7-6-15(19)2/h4-7,12-13,18H,3,8-11,14H2,1-2H3/p+1/t18-/m0/s1. The number of halogens is 1. The van der Waals surface area contributed by atoms with Gasteiger partial charge in [0.25, 0.3) is 0 Å². The molecule has 0 spiro atoms. The Morgan fingerprint density at radius 2 is 2.07 bits per heavy atom. The van der Waals surface area contributed by atoms with Crippen molar-refractivity contribution in [1.29, 1.82) is 0 Å². The zero-order valence-corrected chi connectivity index (χ0v) is 17.1. The summed E-state index contributed by atoms with van der Waals surface area (Å²) < 4.78 is 7.33. The summed E-state index contributed by atoms with van der Waals surface area (Å²) in [5, 5.41) is 13.3. The first-order chi connectivity index (χ1) is 13.7. The molecule has 1 aliphatic rings. The average Bonchev–Trinajstić information content (AvgIpc) is 3.38. The van der Waals surface area contributed by atoms with Gasteiger partial charge in [0, 0.05) is 17.1 Å². The summed E-state index contributed by atoms with van der Waals surface area (Å²) in [6.45, 7) is 8.97. The minimum atomic E-state index is 0.271. The van der Waals surface area contributed by atoms with Gasteiger partial charge in [0.15, 0.2) is 0 Å². The quantitative estimate of drug-likeness (QED) is 0.685. The van der Waals surface area contributed by atoms with E-state index in [1.54, 1.807) is 6.26 Å². The Kier molecular flexibility index (Phi) is 5.64. The zero-order valence-electron chi connectivity index (χ0n) is 16.3. The first-order valence-corrected chi connectivity index (χ1v) is 10.2. The molecule has 28 heavy (non-hydrogen) atoms. The number of tetrazole rings is 1. The highest BCUT2D eigenvalue weighted by molar-refractivity contribution is 6.30. The first-order valence-electron chi connectivity index (χ1n) is 9.80. The van der Waals surface area contributed by atoms with Crippen LogP contribution in [-0.2, 0) is 6.54 Å². The van der Waals surface area contributed by atoms with Gasteiger partial charge in [-0.25, -0.2) is 4.68 Å². The summed E-state index contributed by atoms with van der Waals surface area (Å²) >= 11 is 6.22. The molecule has 2 aromatic heterocycles. The SMILES string of the molecule is CC[C@@H](c1nnnn1Cc1ccco1)[NH+]1CCN(c2cc(Cl)ccc2C)CC1. The van der Waals surface area contributed by atoms with Crippen molar-refractivity contribution in [2.24, 2.45) is 0 Å². The van der Waals surface area contributed by atoms with E-state index in [-0.39, 0.29) is 6.04 Å². The number of anilines is 1. The maximum absolute atomic E-state index is 6.22. The number of benzene rings is 1. The molecule has 1 aromatic carbocycles. The molecule has 0 unspecified atom stereocenters. The number of nitrogens with zero attached hydrogens (tertiary/aromatic N) is 5. The lowest BCUT2D eigenvalue weighted by Gasteiger charge is -2.37. The normalized spacial score (nSPS) is 16.5. The number of rotatable bonds is 6. The maximum Gasteiger partial charge on any atom is 0.209 e. The highest BCUT2D eigenvalue weighted by Gasteiger charge is 2.32. The Morgan fingerprint density at radius 1 is 1.25 bits per heavy atom. The van der Waals surface area contributed by atoms with E-state index < -0.39 is 0 Å². The van der Waals surface area contributed by atoms with Crippen LogP contribution in [0.3, 0.4) is 0 Å². The van der Waals surface area contributed by atoms with Crippen LogP contribution in [-0.4, -0.2) is 46.4 Å². The molecule has 3 aromatic rings. The van der Waals surface area contributed by atoms with Crippen LogP contribution in [0.2, 0.25) is 5.02 Å². The van der Waals surface area contributed by atoms with Gasteiger partial charge in [0.05, 0.1) is 32.4 Å². The Morgan fingerprint density at radius 3 is 2.79 bits per heavy atom. The molecule has 0 aliphatic carbocycles. The van der Waals surface area contributed by atoms with E-state index >= 15 is 0 Å². The molecule has 1 aliphatic heterocycles. The number of quaternary nitrogens is 1. The van der Waals surface area contributed by atoms with Crippen LogP contribution in [0.4, 0.5) is 5.69 Å². The van der Waals surface area contributed by atoms with Gasteiger partial charge in [-0.2, -0.15) is 0 Å². The fraction of sp³-hybridized carbons (Fsp3) is 0.450. The Balaban J connectivity index is 1.46. The van der Waals surface area contributed by atoms with Crippen LogP contribution in [0, 0.1) is 6.92 Å². The number of piperazine rings is 1. The second-order valence-electron chi connectivity index (χ2n) is 7.31. The van der Waals surface area contributed by atoms with E-state index in [1.165, 1.54) is 16.2 Å². The molecule has 1 atom stereocenters. The monoisotopic (exact) mass is 401 g/mol. The first kappa shape index (κ1) is 19.0. The highest BCUT2D eigenvalue weighted by atomic mass is 35.5. The van der Waals surface area contributed by atoms with Crippen molar-refractivity contribution in [1.82, 2.24) is 20.2 Å². The molecule has 7 nitrogen and oxygen atoms in total. The molecule has 0 bridgehead atoms. The summed E-state index contributed by atoms with van der Waals surface area (Å²) in [5.41, 5.74) is 2.50. The minimum Gasteiger partial charge on any atom is -0.467 e. The van der Waals surface area contributed by atoms with E-state index in [9.17, 15) is 0 Å². The fourth-order valence-corrected chi connectivity index (χ4v) is 4.25. The van der Waals surface area contributed by atoms with E-state index in [2.05, 4.69) is 46.4 Å². The molecule has 4 rings (SSSR count). The summed E-state index contributed by atoms with van der Waals surface area (Å²) in [5.74, 6) is 1.79. The molecular formula is C20H26ClN6O+. The number of hydrogen-bond acceptors (Lipinski definition) is 5.